The van der Waals surface area contributed by atoms with Crippen LogP contribution in [0.15, 0.2) is 29.3 Å². The molecule has 1 atom stereocenters. The fraction of sp³-hybridized carbons (Fsp3) is 0.667. The van der Waals surface area contributed by atoms with Crippen molar-refractivity contribution in [2.75, 3.05) is 26.2 Å². The number of carbonyl (C=O) groups excluding carboxylic acids is 1. The first-order chi connectivity index (χ1) is 14.1. The number of benzene rings is 1. The van der Waals surface area contributed by atoms with E-state index in [1.807, 2.05) is 0 Å². The van der Waals surface area contributed by atoms with Crippen molar-refractivity contribution in [3.8, 4) is 0 Å². The average Bonchev–Trinajstić information content (AvgIpc) is 3.11. The van der Waals surface area contributed by atoms with Gasteiger partial charge in [-0.05, 0) is 57.1 Å². The summed E-state index contributed by atoms with van der Waals surface area (Å²) in [5, 5.41) is 7.01. The number of guanidine groups is 1. The minimum atomic E-state index is 0.216. The number of likely N-dealkylation sites (tertiary alicyclic amines) is 1. The molecule has 1 unspecified atom stereocenters. The fourth-order valence-electron chi connectivity index (χ4n) is 5.08. The van der Waals surface area contributed by atoms with Gasteiger partial charge in [-0.25, -0.2) is 0 Å². The van der Waals surface area contributed by atoms with E-state index in [1.54, 1.807) is 0 Å². The molecule has 3 fully saturated rings. The molecular formula is C24H36N4O. The van der Waals surface area contributed by atoms with Gasteiger partial charge in [0.1, 0.15) is 0 Å². The third-order valence-electron chi connectivity index (χ3n) is 7.00. The zero-order valence-corrected chi connectivity index (χ0v) is 18.0. The van der Waals surface area contributed by atoms with E-state index in [0.717, 1.165) is 51.4 Å². The van der Waals surface area contributed by atoms with Gasteiger partial charge in [-0.2, -0.15) is 0 Å². The molecule has 0 aromatic heterocycles. The molecule has 1 aromatic carbocycles. The van der Waals surface area contributed by atoms with Crippen LogP contribution < -0.4 is 10.6 Å². The molecule has 1 aliphatic heterocycles. The quantitative estimate of drug-likeness (QED) is 0.573. The van der Waals surface area contributed by atoms with Crippen molar-refractivity contribution >= 4 is 11.9 Å². The summed E-state index contributed by atoms with van der Waals surface area (Å²) in [6, 6.07) is 9.03. The Morgan fingerprint density at radius 2 is 1.97 bits per heavy atom. The van der Waals surface area contributed by atoms with Crippen molar-refractivity contribution in [3.05, 3.63) is 35.4 Å². The van der Waals surface area contributed by atoms with Crippen LogP contribution in [0, 0.1) is 12.8 Å². The zero-order chi connectivity index (χ0) is 20.3. The summed E-state index contributed by atoms with van der Waals surface area (Å²) in [5.74, 6) is 1.55. The Morgan fingerprint density at radius 3 is 2.66 bits per heavy atom. The van der Waals surface area contributed by atoms with Gasteiger partial charge in [-0.1, -0.05) is 37.1 Å². The molecule has 3 aliphatic rings. The van der Waals surface area contributed by atoms with Crippen LogP contribution >= 0.6 is 0 Å². The second kappa shape index (κ2) is 8.76. The number of nitrogens with zero attached hydrogens (tertiary/aromatic N) is 2. The van der Waals surface area contributed by atoms with Crippen LogP contribution in [0.1, 0.15) is 63.0 Å². The first-order valence-electron chi connectivity index (χ1n) is 11.5. The minimum absolute atomic E-state index is 0.216. The van der Waals surface area contributed by atoms with Gasteiger partial charge in [0.05, 0.1) is 6.54 Å². The molecule has 1 aromatic rings. The zero-order valence-electron chi connectivity index (χ0n) is 18.0. The van der Waals surface area contributed by atoms with Crippen LogP contribution in [0.25, 0.3) is 0 Å². The number of nitrogens with one attached hydrogen (secondary N) is 2. The highest BCUT2D eigenvalue weighted by atomic mass is 16.2. The smallest absolute Gasteiger partial charge is 0.225 e. The number of aryl methyl sites for hydroxylation is 1. The van der Waals surface area contributed by atoms with Crippen molar-refractivity contribution in [1.82, 2.24) is 15.5 Å². The summed E-state index contributed by atoms with van der Waals surface area (Å²) in [6.07, 6.45) is 8.03. The summed E-state index contributed by atoms with van der Waals surface area (Å²) in [6.45, 7) is 7.67. The molecule has 1 heterocycles. The lowest BCUT2D eigenvalue weighted by Crippen LogP contribution is -2.45. The van der Waals surface area contributed by atoms with Gasteiger partial charge in [-0.15, -0.1) is 0 Å². The largest absolute Gasteiger partial charge is 0.357 e. The van der Waals surface area contributed by atoms with Crippen molar-refractivity contribution < 1.29 is 4.79 Å². The Bertz CT molecular complexity index is 749. The van der Waals surface area contributed by atoms with Crippen LogP contribution in [0.4, 0.5) is 0 Å². The summed E-state index contributed by atoms with van der Waals surface area (Å²) in [5.41, 5.74) is 3.04. The number of amides is 1. The van der Waals surface area contributed by atoms with Crippen LogP contribution in [-0.4, -0.2) is 49.0 Å². The van der Waals surface area contributed by atoms with E-state index in [1.165, 1.54) is 36.8 Å². The molecule has 29 heavy (non-hydrogen) atoms. The minimum Gasteiger partial charge on any atom is -0.357 e. The average molecular weight is 397 g/mol. The third kappa shape index (κ3) is 4.59. The molecule has 0 radical (unpaired) electrons. The predicted molar refractivity (Wildman–Crippen MR) is 118 cm³/mol. The van der Waals surface area contributed by atoms with Gasteiger partial charge in [0.15, 0.2) is 5.96 Å². The maximum atomic E-state index is 12.7. The molecular weight excluding hydrogens is 360 g/mol. The molecule has 0 bridgehead atoms. The van der Waals surface area contributed by atoms with Gasteiger partial charge in [-0.3, -0.25) is 9.79 Å². The fourth-order valence-corrected chi connectivity index (χ4v) is 5.08. The van der Waals surface area contributed by atoms with E-state index in [0.29, 0.717) is 11.9 Å². The standard InChI is InChI=1S/C24H36N4O/c1-3-25-23(26-17-24(13-14-24)21-11-7-4-8-18(21)2)27-20-12-15-28(16-20)22(29)19-9-5-6-10-19/h4,7-8,11,19-20H,3,5-6,9-10,12-17H2,1-2H3,(H2,25,26,27). The summed E-state index contributed by atoms with van der Waals surface area (Å²) < 4.78 is 0. The van der Waals surface area contributed by atoms with E-state index in [4.69, 9.17) is 4.99 Å². The second-order valence-electron chi connectivity index (χ2n) is 9.19. The molecule has 1 saturated heterocycles. The van der Waals surface area contributed by atoms with E-state index < -0.39 is 0 Å². The second-order valence-corrected chi connectivity index (χ2v) is 9.19. The summed E-state index contributed by atoms with van der Waals surface area (Å²) in [4.78, 5) is 19.8. The molecule has 0 spiro atoms. The van der Waals surface area contributed by atoms with Crippen LogP contribution in [0.3, 0.4) is 0 Å². The highest BCUT2D eigenvalue weighted by Crippen LogP contribution is 2.49. The molecule has 1 amide bonds. The van der Waals surface area contributed by atoms with E-state index >= 15 is 0 Å². The van der Waals surface area contributed by atoms with Crippen molar-refractivity contribution in [2.24, 2.45) is 10.9 Å². The van der Waals surface area contributed by atoms with Gasteiger partial charge < -0.3 is 15.5 Å². The van der Waals surface area contributed by atoms with Crippen LogP contribution in [-0.2, 0) is 10.2 Å². The number of hydrogen-bond donors (Lipinski definition) is 2. The Morgan fingerprint density at radius 1 is 1.21 bits per heavy atom. The number of hydrogen-bond acceptors (Lipinski definition) is 2. The molecule has 2 saturated carbocycles. The highest BCUT2D eigenvalue weighted by Gasteiger charge is 2.45. The van der Waals surface area contributed by atoms with Gasteiger partial charge in [0.25, 0.3) is 0 Å². The van der Waals surface area contributed by atoms with Gasteiger partial charge in [0.2, 0.25) is 5.91 Å². The number of carbonyl (C=O) groups is 1. The lowest BCUT2D eigenvalue weighted by Gasteiger charge is -2.22. The van der Waals surface area contributed by atoms with Gasteiger partial charge >= 0.3 is 0 Å². The van der Waals surface area contributed by atoms with Crippen molar-refractivity contribution in [1.29, 1.82) is 0 Å². The highest BCUT2D eigenvalue weighted by molar-refractivity contribution is 5.81. The van der Waals surface area contributed by atoms with Crippen LogP contribution in [0.5, 0.6) is 0 Å². The Labute approximate surface area is 175 Å². The third-order valence-corrected chi connectivity index (χ3v) is 7.00. The van der Waals surface area contributed by atoms with E-state index in [9.17, 15) is 4.79 Å². The Kier molecular flexibility index (Phi) is 6.12. The van der Waals surface area contributed by atoms with E-state index in [2.05, 4.69) is 53.6 Å². The number of aliphatic imine (C=N–C) groups is 1. The Balaban J connectivity index is 1.36. The van der Waals surface area contributed by atoms with Gasteiger partial charge in [0, 0.05) is 37.0 Å². The molecule has 5 nitrogen and oxygen atoms in total. The van der Waals surface area contributed by atoms with Crippen LogP contribution in [0.2, 0.25) is 0 Å². The number of rotatable bonds is 6. The maximum Gasteiger partial charge on any atom is 0.225 e. The monoisotopic (exact) mass is 396 g/mol. The summed E-state index contributed by atoms with van der Waals surface area (Å²) >= 11 is 0. The first-order valence-corrected chi connectivity index (χ1v) is 11.5. The van der Waals surface area contributed by atoms with E-state index in [-0.39, 0.29) is 11.3 Å². The van der Waals surface area contributed by atoms with Crippen molar-refractivity contribution in [3.63, 3.8) is 0 Å². The molecule has 158 valence electrons. The van der Waals surface area contributed by atoms with Crippen molar-refractivity contribution in [2.45, 2.75) is 70.3 Å². The topological polar surface area (TPSA) is 56.7 Å². The lowest BCUT2D eigenvalue weighted by atomic mass is 9.92. The molecule has 2 aliphatic carbocycles. The molecule has 4 rings (SSSR count). The predicted octanol–water partition coefficient (Wildman–Crippen LogP) is 3.37. The molecule has 5 heteroatoms. The normalized spacial score (nSPS) is 24.0. The Hall–Kier alpha value is -2.04. The maximum absolute atomic E-state index is 12.7. The lowest BCUT2D eigenvalue weighted by molar-refractivity contribution is -0.134. The molecule has 2 N–H and O–H groups in total. The summed E-state index contributed by atoms with van der Waals surface area (Å²) in [7, 11) is 0. The SMILES string of the molecule is CCNC(=NCC1(c2ccccc2C)CC1)NC1CCN(C(=O)C2CCCC2)C1. The first kappa shape index (κ1) is 20.2.